The Balaban J connectivity index is 2.83. The van der Waals surface area contributed by atoms with Gasteiger partial charge in [0.2, 0.25) is 5.91 Å². The molecule has 1 heterocycles. The molecule has 126 valence electrons. The van der Waals surface area contributed by atoms with Gasteiger partial charge in [-0.15, -0.1) is 0 Å². The SMILES string of the molecule is CCCC(=O)N1CCC[C@H]1C(=O)N(O)[C@H](CC(C)C)C(C)=O. The summed E-state index contributed by atoms with van der Waals surface area (Å²) in [5.41, 5.74) is 0. The summed E-state index contributed by atoms with van der Waals surface area (Å²) in [6, 6.07) is -1.48. The molecule has 0 aromatic rings. The number of carbonyl (C=O) groups excluding carboxylic acids is 3. The zero-order valence-corrected chi connectivity index (χ0v) is 14.0. The summed E-state index contributed by atoms with van der Waals surface area (Å²) < 4.78 is 0. The Morgan fingerprint density at radius 3 is 2.45 bits per heavy atom. The van der Waals surface area contributed by atoms with Crippen LogP contribution in [0.2, 0.25) is 0 Å². The van der Waals surface area contributed by atoms with Crippen LogP contribution in [0.3, 0.4) is 0 Å². The summed E-state index contributed by atoms with van der Waals surface area (Å²) in [5.74, 6) is -0.662. The number of hydroxylamine groups is 2. The number of ketones is 1. The number of hydrogen-bond acceptors (Lipinski definition) is 4. The van der Waals surface area contributed by atoms with Crippen molar-refractivity contribution in [3.8, 4) is 0 Å². The van der Waals surface area contributed by atoms with E-state index >= 15 is 0 Å². The Hall–Kier alpha value is -1.43. The van der Waals surface area contributed by atoms with E-state index in [1.807, 2.05) is 20.8 Å². The van der Waals surface area contributed by atoms with Crippen molar-refractivity contribution in [1.82, 2.24) is 9.96 Å². The van der Waals surface area contributed by atoms with Gasteiger partial charge in [0.05, 0.1) is 0 Å². The lowest BCUT2D eigenvalue weighted by atomic mass is 10.00. The van der Waals surface area contributed by atoms with Gasteiger partial charge in [0.1, 0.15) is 12.1 Å². The maximum absolute atomic E-state index is 12.5. The summed E-state index contributed by atoms with van der Waals surface area (Å²) in [7, 11) is 0. The molecule has 1 saturated heterocycles. The van der Waals surface area contributed by atoms with Crippen LogP contribution in [0.5, 0.6) is 0 Å². The summed E-state index contributed by atoms with van der Waals surface area (Å²) in [6.07, 6.45) is 2.82. The van der Waals surface area contributed by atoms with E-state index in [1.54, 1.807) is 4.90 Å². The number of hydrogen-bond donors (Lipinski definition) is 1. The van der Waals surface area contributed by atoms with Crippen LogP contribution in [0.15, 0.2) is 0 Å². The monoisotopic (exact) mass is 312 g/mol. The average Bonchev–Trinajstić information content (AvgIpc) is 2.92. The minimum absolute atomic E-state index is 0.0602. The topological polar surface area (TPSA) is 77.9 Å². The van der Waals surface area contributed by atoms with Gasteiger partial charge >= 0.3 is 0 Å². The molecule has 1 rings (SSSR count). The molecule has 0 unspecified atom stereocenters. The minimum Gasteiger partial charge on any atom is -0.331 e. The van der Waals surface area contributed by atoms with E-state index in [0.29, 0.717) is 30.9 Å². The molecule has 22 heavy (non-hydrogen) atoms. The average molecular weight is 312 g/mol. The highest BCUT2D eigenvalue weighted by Gasteiger charge is 2.39. The molecule has 0 aromatic heterocycles. The third-order valence-electron chi connectivity index (χ3n) is 4.01. The van der Waals surface area contributed by atoms with E-state index in [9.17, 15) is 19.6 Å². The Morgan fingerprint density at radius 1 is 1.32 bits per heavy atom. The summed E-state index contributed by atoms with van der Waals surface area (Å²) in [6.45, 7) is 7.69. The summed E-state index contributed by atoms with van der Waals surface area (Å²) in [5, 5.41) is 10.8. The van der Waals surface area contributed by atoms with Crippen molar-refractivity contribution in [2.45, 2.75) is 71.9 Å². The van der Waals surface area contributed by atoms with Crippen LogP contribution in [-0.4, -0.2) is 51.4 Å². The lowest BCUT2D eigenvalue weighted by Crippen LogP contribution is -2.51. The second-order valence-electron chi connectivity index (χ2n) is 6.43. The zero-order valence-electron chi connectivity index (χ0n) is 14.0. The second-order valence-corrected chi connectivity index (χ2v) is 6.43. The van der Waals surface area contributed by atoms with Gasteiger partial charge in [-0.05, 0) is 38.5 Å². The molecule has 2 atom stereocenters. The van der Waals surface area contributed by atoms with E-state index in [1.165, 1.54) is 6.92 Å². The molecular weight excluding hydrogens is 284 g/mol. The Kier molecular flexibility index (Phi) is 7.00. The second kappa shape index (κ2) is 8.27. The van der Waals surface area contributed by atoms with Crippen molar-refractivity contribution in [3.05, 3.63) is 0 Å². The van der Waals surface area contributed by atoms with E-state index in [0.717, 1.165) is 12.8 Å². The molecule has 1 N–H and O–H groups in total. The van der Waals surface area contributed by atoms with E-state index < -0.39 is 18.0 Å². The van der Waals surface area contributed by atoms with Crippen LogP contribution in [0.25, 0.3) is 0 Å². The predicted octanol–water partition coefficient (Wildman–Crippen LogP) is 2.00. The third-order valence-corrected chi connectivity index (χ3v) is 4.01. The maximum atomic E-state index is 12.5. The van der Waals surface area contributed by atoms with Crippen molar-refractivity contribution in [2.75, 3.05) is 6.54 Å². The third kappa shape index (κ3) is 4.53. The highest BCUT2D eigenvalue weighted by atomic mass is 16.5. The first kappa shape index (κ1) is 18.6. The summed E-state index contributed by atoms with van der Waals surface area (Å²) >= 11 is 0. The van der Waals surface area contributed by atoms with Gasteiger partial charge in [-0.1, -0.05) is 20.8 Å². The first-order valence-corrected chi connectivity index (χ1v) is 8.11. The zero-order chi connectivity index (χ0) is 16.9. The number of amides is 2. The van der Waals surface area contributed by atoms with Gasteiger partial charge in [-0.3, -0.25) is 19.6 Å². The number of nitrogens with zero attached hydrogens (tertiary/aromatic N) is 2. The van der Waals surface area contributed by atoms with Gasteiger partial charge in [0.25, 0.3) is 5.91 Å². The van der Waals surface area contributed by atoms with Crippen molar-refractivity contribution in [1.29, 1.82) is 0 Å². The van der Waals surface area contributed by atoms with E-state index in [-0.39, 0.29) is 17.6 Å². The maximum Gasteiger partial charge on any atom is 0.269 e. The van der Waals surface area contributed by atoms with Crippen LogP contribution in [0, 0.1) is 5.92 Å². The van der Waals surface area contributed by atoms with Crippen molar-refractivity contribution >= 4 is 17.6 Å². The molecular formula is C16H28N2O4. The molecule has 0 bridgehead atoms. The van der Waals surface area contributed by atoms with Gasteiger partial charge in [-0.2, -0.15) is 0 Å². The lowest BCUT2D eigenvalue weighted by molar-refractivity contribution is -0.185. The lowest BCUT2D eigenvalue weighted by Gasteiger charge is -2.31. The normalized spacial score (nSPS) is 19.4. The van der Waals surface area contributed by atoms with Gasteiger partial charge in [0, 0.05) is 13.0 Å². The van der Waals surface area contributed by atoms with E-state index in [4.69, 9.17) is 0 Å². The first-order chi connectivity index (χ1) is 10.3. The predicted molar refractivity (Wildman–Crippen MR) is 82.2 cm³/mol. The van der Waals surface area contributed by atoms with Crippen molar-refractivity contribution in [2.24, 2.45) is 5.92 Å². The molecule has 1 aliphatic rings. The quantitative estimate of drug-likeness (QED) is 0.576. The molecule has 6 nitrogen and oxygen atoms in total. The highest BCUT2D eigenvalue weighted by molar-refractivity contribution is 5.91. The molecule has 1 aliphatic heterocycles. The molecule has 0 aliphatic carbocycles. The Labute approximate surface area is 132 Å². The van der Waals surface area contributed by atoms with Crippen LogP contribution in [-0.2, 0) is 14.4 Å². The largest absolute Gasteiger partial charge is 0.331 e. The fourth-order valence-electron chi connectivity index (χ4n) is 2.87. The highest BCUT2D eigenvalue weighted by Crippen LogP contribution is 2.22. The smallest absolute Gasteiger partial charge is 0.269 e. The Bertz CT molecular complexity index is 422. The Morgan fingerprint density at radius 2 is 1.95 bits per heavy atom. The van der Waals surface area contributed by atoms with Crippen molar-refractivity contribution in [3.63, 3.8) is 0 Å². The van der Waals surface area contributed by atoms with E-state index in [2.05, 4.69) is 0 Å². The van der Waals surface area contributed by atoms with Crippen LogP contribution in [0.4, 0.5) is 0 Å². The number of carbonyl (C=O) groups is 3. The van der Waals surface area contributed by atoms with Gasteiger partial charge in [0.15, 0.2) is 5.78 Å². The molecule has 0 spiro atoms. The molecule has 0 aromatic carbocycles. The first-order valence-electron chi connectivity index (χ1n) is 8.11. The van der Waals surface area contributed by atoms with Crippen molar-refractivity contribution < 1.29 is 19.6 Å². The number of Topliss-reactive ketones (excluding diaryl/α,β-unsaturated/α-hetero) is 1. The molecule has 2 amide bonds. The van der Waals surface area contributed by atoms with Gasteiger partial charge < -0.3 is 4.90 Å². The van der Waals surface area contributed by atoms with Crippen LogP contribution in [0.1, 0.15) is 59.8 Å². The molecule has 6 heteroatoms. The molecule has 0 saturated carbocycles. The fraction of sp³-hybridized carbons (Fsp3) is 0.812. The molecule has 1 fully saturated rings. The van der Waals surface area contributed by atoms with Crippen LogP contribution < -0.4 is 0 Å². The molecule has 0 radical (unpaired) electrons. The standard InChI is InChI=1S/C16H28N2O4/c1-5-7-15(20)17-9-6-8-13(17)16(21)18(22)14(12(4)19)10-11(2)3/h11,13-14,22H,5-10H2,1-4H3/t13-,14+/m0/s1. The number of likely N-dealkylation sites (tertiary alicyclic amines) is 1. The number of rotatable bonds is 7. The fourth-order valence-corrected chi connectivity index (χ4v) is 2.87. The van der Waals surface area contributed by atoms with Crippen LogP contribution >= 0.6 is 0 Å². The summed E-state index contributed by atoms with van der Waals surface area (Å²) in [4.78, 5) is 37.9. The minimum atomic E-state index is -0.837. The van der Waals surface area contributed by atoms with Gasteiger partial charge in [-0.25, -0.2) is 5.06 Å².